The third-order valence-corrected chi connectivity index (χ3v) is 5.29. The Balaban J connectivity index is 2.01. The van der Waals surface area contributed by atoms with E-state index < -0.39 is 21.7 Å². The summed E-state index contributed by atoms with van der Waals surface area (Å²) in [6, 6.07) is 0. The summed E-state index contributed by atoms with van der Waals surface area (Å²) in [5, 5.41) is 8.72. The maximum absolute atomic E-state index is 10.9. The molecule has 0 aromatic heterocycles. The van der Waals surface area contributed by atoms with Gasteiger partial charge in [-0.05, 0) is 12.3 Å². The van der Waals surface area contributed by atoms with Gasteiger partial charge in [0, 0.05) is 5.41 Å². The predicted octanol–water partition coefficient (Wildman–Crippen LogP) is 0.142. The van der Waals surface area contributed by atoms with Gasteiger partial charge in [0.15, 0.2) is 9.84 Å². The second-order valence-corrected chi connectivity index (χ2v) is 6.40. The lowest BCUT2D eigenvalue weighted by Crippen LogP contribution is -2.41. The lowest BCUT2D eigenvalue weighted by molar-refractivity contribution is -0.142. The van der Waals surface area contributed by atoms with Crippen LogP contribution in [0.5, 0.6) is 0 Å². The summed E-state index contributed by atoms with van der Waals surface area (Å²) in [4.78, 5) is 10.6. The molecular formula is C8H12O4S. The van der Waals surface area contributed by atoms with Gasteiger partial charge >= 0.3 is 5.97 Å². The SMILES string of the molecule is CC(C(=O)O)C1CC12CS(=O)(=O)C2. The third kappa shape index (κ3) is 1.25. The summed E-state index contributed by atoms with van der Waals surface area (Å²) >= 11 is 0. The molecule has 1 N–H and O–H groups in total. The van der Waals surface area contributed by atoms with Crippen molar-refractivity contribution in [1.82, 2.24) is 0 Å². The Kier molecular flexibility index (Phi) is 1.56. The van der Waals surface area contributed by atoms with E-state index in [1.165, 1.54) is 0 Å². The molecule has 0 aromatic carbocycles. The number of carboxylic acids is 1. The Morgan fingerprint density at radius 3 is 2.46 bits per heavy atom. The van der Waals surface area contributed by atoms with Crippen LogP contribution in [-0.2, 0) is 14.6 Å². The minimum absolute atomic E-state index is 0.0912. The molecule has 0 amide bonds. The van der Waals surface area contributed by atoms with Crippen LogP contribution >= 0.6 is 0 Å². The van der Waals surface area contributed by atoms with Crippen molar-refractivity contribution in [1.29, 1.82) is 0 Å². The molecule has 1 saturated carbocycles. The van der Waals surface area contributed by atoms with Crippen LogP contribution < -0.4 is 0 Å². The first-order valence-electron chi connectivity index (χ1n) is 4.30. The highest BCUT2D eigenvalue weighted by molar-refractivity contribution is 7.92. The van der Waals surface area contributed by atoms with Crippen LogP contribution in [0.15, 0.2) is 0 Å². The topological polar surface area (TPSA) is 71.4 Å². The highest BCUT2D eigenvalue weighted by Gasteiger charge is 2.66. The lowest BCUT2D eigenvalue weighted by atomic mass is 9.98. The van der Waals surface area contributed by atoms with Crippen LogP contribution in [0, 0.1) is 17.3 Å². The van der Waals surface area contributed by atoms with Gasteiger partial charge in [0.1, 0.15) is 0 Å². The van der Waals surface area contributed by atoms with E-state index in [9.17, 15) is 13.2 Å². The molecule has 74 valence electrons. The summed E-state index contributed by atoms with van der Waals surface area (Å²) < 4.78 is 21.9. The van der Waals surface area contributed by atoms with Crippen molar-refractivity contribution in [2.45, 2.75) is 13.3 Å². The first-order chi connectivity index (χ1) is 5.86. The minimum Gasteiger partial charge on any atom is -0.481 e. The molecule has 5 heteroatoms. The number of sulfone groups is 1. The van der Waals surface area contributed by atoms with Crippen molar-refractivity contribution in [3.63, 3.8) is 0 Å². The van der Waals surface area contributed by atoms with E-state index in [0.29, 0.717) is 0 Å². The first kappa shape index (κ1) is 8.99. The quantitative estimate of drug-likeness (QED) is 0.694. The Hall–Kier alpha value is -0.580. The Morgan fingerprint density at radius 2 is 2.08 bits per heavy atom. The van der Waals surface area contributed by atoms with Gasteiger partial charge in [0.05, 0.1) is 17.4 Å². The molecule has 2 rings (SSSR count). The average Bonchev–Trinajstić information content (AvgIpc) is 2.59. The second-order valence-electron chi connectivity index (χ2n) is 4.33. The van der Waals surface area contributed by atoms with Crippen LogP contribution in [-0.4, -0.2) is 31.0 Å². The lowest BCUT2D eigenvalue weighted by Gasteiger charge is -2.27. The zero-order valence-corrected chi connectivity index (χ0v) is 8.17. The normalized spacial score (nSPS) is 35.0. The molecule has 4 nitrogen and oxygen atoms in total. The molecule has 2 unspecified atom stereocenters. The molecule has 0 radical (unpaired) electrons. The van der Waals surface area contributed by atoms with Crippen molar-refractivity contribution in [3.8, 4) is 0 Å². The summed E-state index contributed by atoms with van der Waals surface area (Å²) in [5.74, 6) is -0.694. The van der Waals surface area contributed by atoms with Gasteiger partial charge in [-0.2, -0.15) is 0 Å². The maximum Gasteiger partial charge on any atom is 0.306 e. The molecule has 2 fully saturated rings. The molecule has 1 saturated heterocycles. The maximum atomic E-state index is 10.9. The molecule has 2 atom stereocenters. The fraction of sp³-hybridized carbons (Fsp3) is 0.875. The molecule has 0 bridgehead atoms. The number of carboxylic acid groups (broad SMARTS) is 1. The predicted molar refractivity (Wildman–Crippen MR) is 46.0 cm³/mol. The largest absolute Gasteiger partial charge is 0.481 e. The van der Waals surface area contributed by atoms with E-state index in [0.717, 1.165) is 6.42 Å². The fourth-order valence-electron chi connectivity index (χ4n) is 2.42. The molecule has 0 aromatic rings. The molecule has 1 aliphatic heterocycles. The Bertz CT molecular complexity index is 344. The number of hydrogen-bond donors (Lipinski definition) is 1. The molecule has 1 spiro atoms. The van der Waals surface area contributed by atoms with Crippen LogP contribution in [0.1, 0.15) is 13.3 Å². The van der Waals surface area contributed by atoms with Crippen LogP contribution in [0.25, 0.3) is 0 Å². The fourth-order valence-corrected chi connectivity index (χ4v) is 4.76. The Labute approximate surface area is 76.9 Å². The van der Waals surface area contributed by atoms with E-state index >= 15 is 0 Å². The highest BCUT2D eigenvalue weighted by Crippen LogP contribution is 2.62. The Morgan fingerprint density at radius 1 is 1.54 bits per heavy atom. The second kappa shape index (κ2) is 2.26. The van der Waals surface area contributed by atoms with E-state index in [1.807, 2.05) is 0 Å². The third-order valence-electron chi connectivity index (χ3n) is 3.26. The van der Waals surface area contributed by atoms with Gasteiger partial charge in [-0.25, -0.2) is 8.42 Å². The van der Waals surface area contributed by atoms with Crippen molar-refractivity contribution >= 4 is 15.8 Å². The summed E-state index contributed by atoms with van der Waals surface area (Å²) in [6.07, 6.45) is 0.777. The minimum atomic E-state index is -2.81. The summed E-state index contributed by atoms with van der Waals surface area (Å²) in [6.45, 7) is 1.66. The van der Waals surface area contributed by atoms with E-state index in [2.05, 4.69) is 0 Å². The standard InChI is InChI=1S/C8H12O4S/c1-5(7(9)10)6-2-8(6)3-13(11,12)4-8/h5-6H,2-4H2,1H3,(H,9,10). The van der Waals surface area contributed by atoms with Crippen LogP contribution in [0.4, 0.5) is 0 Å². The van der Waals surface area contributed by atoms with Crippen molar-refractivity contribution in [2.75, 3.05) is 11.5 Å². The molecule has 1 aliphatic carbocycles. The van der Waals surface area contributed by atoms with Crippen LogP contribution in [0.2, 0.25) is 0 Å². The number of carbonyl (C=O) groups is 1. The monoisotopic (exact) mass is 204 g/mol. The molecular weight excluding hydrogens is 192 g/mol. The first-order valence-corrected chi connectivity index (χ1v) is 6.12. The van der Waals surface area contributed by atoms with Gasteiger partial charge in [-0.1, -0.05) is 6.92 Å². The van der Waals surface area contributed by atoms with Crippen molar-refractivity contribution < 1.29 is 18.3 Å². The van der Waals surface area contributed by atoms with Gasteiger partial charge in [-0.15, -0.1) is 0 Å². The average molecular weight is 204 g/mol. The van der Waals surface area contributed by atoms with Crippen LogP contribution in [0.3, 0.4) is 0 Å². The molecule has 2 aliphatic rings. The van der Waals surface area contributed by atoms with Gasteiger partial charge in [0.2, 0.25) is 0 Å². The molecule has 1 heterocycles. The number of hydrogen-bond acceptors (Lipinski definition) is 3. The van der Waals surface area contributed by atoms with Gasteiger partial charge < -0.3 is 5.11 Å². The van der Waals surface area contributed by atoms with Gasteiger partial charge in [0.25, 0.3) is 0 Å². The number of rotatable bonds is 2. The van der Waals surface area contributed by atoms with E-state index in [4.69, 9.17) is 5.11 Å². The highest BCUT2D eigenvalue weighted by atomic mass is 32.2. The van der Waals surface area contributed by atoms with Crippen molar-refractivity contribution in [2.24, 2.45) is 17.3 Å². The zero-order chi connectivity index (χ0) is 9.85. The zero-order valence-electron chi connectivity index (χ0n) is 7.36. The van der Waals surface area contributed by atoms with E-state index in [-0.39, 0.29) is 22.8 Å². The summed E-state index contributed by atoms with van der Waals surface area (Å²) in [7, 11) is -2.81. The van der Waals surface area contributed by atoms with Gasteiger partial charge in [-0.3, -0.25) is 4.79 Å². The smallest absolute Gasteiger partial charge is 0.306 e. The summed E-state index contributed by atoms with van der Waals surface area (Å²) in [5.41, 5.74) is -0.142. The van der Waals surface area contributed by atoms with Crippen molar-refractivity contribution in [3.05, 3.63) is 0 Å². The number of aliphatic carboxylic acids is 1. The van der Waals surface area contributed by atoms with E-state index in [1.54, 1.807) is 6.92 Å². The molecule has 13 heavy (non-hydrogen) atoms.